The molecule has 2 unspecified atom stereocenters. The van der Waals surface area contributed by atoms with E-state index in [1.165, 1.54) is 6.07 Å². The van der Waals surface area contributed by atoms with Gasteiger partial charge in [0.15, 0.2) is 0 Å². The SMILES string of the molecule is CC(CCn1nnc2ccc(C(=O)O)cc21)S(C)=O. The average molecular weight is 281 g/mol. The van der Waals surface area contributed by atoms with Crippen molar-refractivity contribution < 1.29 is 14.1 Å². The van der Waals surface area contributed by atoms with Gasteiger partial charge in [-0.15, -0.1) is 5.10 Å². The largest absolute Gasteiger partial charge is 0.478 e. The van der Waals surface area contributed by atoms with Gasteiger partial charge in [0, 0.05) is 28.9 Å². The molecule has 102 valence electrons. The fourth-order valence-electron chi connectivity index (χ4n) is 1.73. The highest BCUT2D eigenvalue weighted by atomic mass is 32.2. The lowest BCUT2D eigenvalue weighted by Crippen LogP contribution is -2.13. The van der Waals surface area contributed by atoms with E-state index in [2.05, 4.69) is 10.3 Å². The van der Waals surface area contributed by atoms with Crippen molar-refractivity contribution in [3.63, 3.8) is 0 Å². The Morgan fingerprint density at radius 1 is 1.53 bits per heavy atom. The molecular formula is C12H15N3O3S. The summed E-state index contributed by atoms with van der Waals surface area (Å²) in [6.45, 7) is 2.48. The number of aromatic carboxylic acids is 1. The monoisotopic (exact) mass is 281 g/mol. The van der Waals surface area contributed by atoms with Crippen molar-refractivity contribution in [2.24, 2.45) is 0 Å². The summed E-state index contributed by atoms with van der Waals surface area (Å²) in [5.41, 5.74) is 1.56. The third-order valence-corrected chi connectivity index (χ3v) is 4.44. The van der Waals surface area contributed by atoms with Crippen molar-refractivity contribution in [2.75, 3.05) is 6.26 Å². The van der Waals surface area contributed by atoms with Crippen LogP contribution in [0.4, 0.5) is 0 Å². The normalized spacial score (nSPS) is 14.4. The number of nitrogens with zero attached hydrogens (tertiary/aromatic N) is 3. The Labute approximate surface area is 112 Å². The fraction of sp³-hybridized carbons (Fsp3) is 0.417. The Hall–Kier alpha value is -1.76. The van der Waals surface area contributed by atoms with Gasteiger partial charge in [0.2, 0.25) is 0 Å². The molecule has 1 aromatic carbocycles. The highest BCUT2D eigenvalue weighted by Gasteiger charge is 2.11. The van der Waals surface area contributed by atoms with Crippen LogP contribution in [0.25, 0.3) is 11.0 Å². The number of rotatable bonds is 5. The van der Waals surface area contributed by atoms with Gasteiger partial charge in [-0.25, -0.2) is 9.48 Å². The molecule has 1 heterocycles. The number of benzene rings is 1. The predicted octanol–water partition coefficient (Wildman–Crippen LogP) is 1.29. The van der Waals surface area contributed by atoms with Crippen LogP contribution >= 0.6 is 0 Å². The lowest BCUT2D eigenvalue weighted by molar-refractivity contribution is 0.0697. The van der Waals surface area contributed by atoms with Gasteiger partial charge in [0.25, 0.3) is 0 Å². The summed E-state index contributed by atoms with van der Waals surface area (Å²) in [5, 5.41) is 17.0. The standard InChI is InChI=1S/C12H15N3O3S/c1-8(19(2)18)5-6-15-11-7-9(12(16)17)3-4-10(11)13-14-15/h3-4,7-8H,5-6H2,1-2H3,(H,16,17). The van der Waals surface area contributed by atoms with Crippen molar-refractivity contribution >= 4 is 27.8 Å². The van der Waals surface area contributed by atoms with Crippen LogP contribution in [0.3, 0.4) is 0 Å². The van der Waals surface area contributed by atoms with E-state index in [9.17, 15) is 9.00 Å². The summed E-state index contributed by atoms with van der Waals surface area (Å²) in [7, 11) is -0.873. The highest BCUT2D eigenvalue weighted by molar-refractivity contribution is 7.84. The number of fused-ring (bicyclic) bond motifs is 1. The molecular weight excluding hydrogens is 266 g/mol. The minimum absolute atomic E-state index is 0.0712. The van der Waals surface area contributed by atoms with Crippen molar-refractivity contribution in [3.8, 4) is 0 Å². The molecule has 0 aliphatic carbocycles. The van der Waals surface area contributed by atoms with Crippen LogP contribution in [-0.2, 0) is 17.3 Å². The lowest BCUT2D eigenvalue weighted by atomic mass is 10.2. The maximum absolute atomic E-state index is 11.3. The number of carboxylic acid groups (broad SMARTS) is 1. The maximum atomic E-state index is 11.3. The minimum Gasteiger partial charge on any atom is -0.478 e. The minimum atomic E-state index is -0.974. The van der Waals surface area contributed by atoms with Crippen LogP contribution in [-0.4, -0.2) is 41.8 Å². The smallest absolute Gasteiger partial charge is 0.335 e. The third kappa shape index (κ3) is 2.98. The number of aromatic nitrogens is 3. The summed E-state index contributed by atoms with van der Waals surface area (Å²) in [5.74, 6) is -0.974. The van der Waals surface area contributed by atoms with Crippen LogP contribution < -0.4 is 0 Å². The van der Waals surface area contributed by atoms with Gasteiger partial charge in [0.05, 0.1) is 11.1 Å². The Bertz CT molecular complexity index is 638. The van der Waals surface area contributed by atoms with Gasteiger partial charge in [-0.3, -0.25) is 4.21 Å². The van der Waals surface area contributed by atoms with E-state index in [4.69, 9.17) is 5.11 Å². The van der Waals surface area contributed by atoms with Crippen LogP contribution in [0.5, 0.6) is 0 Å². The molecule has 7 heteroatoms. The molecule has 1 aromatic heterocycles. The number of aryl methyl sites for hydroxylation is 1. The van der Waals surface area contributed by atoms with Gasteiger partial charge in [-0.1, -0.05) is 12.1 Å². The second-order valence-electron chi connectivity index (χ2n) is 4.42. The molecule has 0 bridgehead atoms. The molecule has 0 spiro atoms. The van der Waals surface area contributed by atoms with Gasteiger partial charge < -0.3 is 5.11 Å². The molecule has 0 aliphatic heterocycles. The summed E-state index contributed by atoms with van der Waals surface area (Å²) in [6, 6.07) is 4.71. The second kappa shape index (κ2) is 5.48. The Morgan fingerprint density at radius 3 is 2.89 bits per heavy atom. The van der Waals surface area contributed by atoms with Crippen LogP contribution in [0.2, 0.25) is 0 Å². The molecule has 0 saturated heterocycles. The van der Waals surface area contributed by atoms with Gasteiger partial charge in [-0.05, 0) is 24.6 Å². The molecule has 19 heavy (non-hydrogen) atoms. The van der Waals surface area contributed by atoms with E-state index in [1.807, 2.05) is 6.92 Å². The molecule has 2 rings (SSSR count). The number of hydrogen-bond donors (Lipinski definition) is 1. The van der Waals surface area contributed by atoms with Crippen molar-refractivity contribution in [3.05, 3.63) is 23.8 Å². The summed E-state index contributed by atoms with van der Waals surface area (Å²) < 4.78 is 13.0. The van der Waals surface area contributed by atoms with Crippen molar-refractivity contribution in [1.29, 1.82) is 0 Å². The summed E-state index contributed by atoms with van der Waals surface area (Å²) >= 11 is 0. The molecule has 0 fully saturated rings. The molecule has 2 atom stereocenters. The number of carbonyl (C=O) groups is 1. The van der Waals surface area contributed by atoms with E-state index in [-0.39, 0.29) is 10.8 Å². The van der Waals surface area contributed by atoms with Gasteiger partial charge in [0.1, 0.15) is 5.52 Å². The first-order valence-electron chi connectivity index (χ1n) is 5.88. The molecule has 0 radical (unpaired) electrons. The van der Waals surface area contributed by atoms with E-state index in [0.717, 1.165) is 0 Å². The Balaban J connectivity index is 2.26. The first-order chi connectivity index (χ1) is 8.99. The molecule has 2 aromatic rings. The molecule has 0 amide bonds. The zero-order chi connectivity index (χ0) is 14.0. The first-order valence-corrected chi connectivity index (χ1v) is 7.50. The molecule has 0 saturated carbocycles. The van der Waals surface area contributed by atoms with Gasteiger partial charge >= 0.3 is 5.97 Å². The molecule has 1 N–H and O–H groups in total. The second-order valence-corrected chi connectivity index (χ2v) is 6.22. The number of carboxylic acids is 1. The van der Waals surface area contributed by atoms with E-state index >= 15 is 0 Å². The fourth-order valence-corrected chi connectivity index (χ4v) is 2.17. The zero-order valence-electron chi connectivity index (χ0n) is 10.7. The first kappa shape index (κ1) is 13.7. The quantitative estimate of drug-likeness (QED) is 0.892. The average Bonchev–Trinajstić information content (AvgIpc) is 2.77. The zero-order valence-corrected chi connectivity index (χ0v) is 11.6. The van der Waals surface area contributed by atoms with Crippen LogP contribution in [0.1, 0.15) is 23.7 Å². The third-order valence-electron chi connectivity index (χ3n) is 3.07. The predicted molar refractivity (Wildman–Crippen MR) is 72.6 cm³/mol. The van der Waals surface area contributed by atoms with E-state index in [1.54, 1.807) is 23.1 Å². The van der Waals surface area contributed by atoms with Crippen molar-refractivity contribution in [1.82, 2.24) is 15.0 Å². The topological polar surface area (TPSA) is 85.1 Å². The number of hydrogen-bond acceptors (Lipinski definition) is 4. The maximum Gasteiger partial charge on any atom is 0.335 e. The van der Waals surface area contributed by atoms with Crippen molar-refractivity contribution in [2.45, 2.75) is 25.1 Å². The van der Waals surface area contributed by atoms with Crippen LogP contribution in [0, 0.1) is 0 Å². The summed E-state index contributed by atoms with van der Waals surface area (Å²) in [6.07, 6.45) is 2.38. The highest BCUT2D eigenvalue weighted by Crippen LogP contribution is 2.14. The molecule has 6 nitrogen and oxygen atoms in total. The van der Waals surface area contributed by atoms with E-state index < -0.39 is 16.8 Å². The Morgan fingerprint density at radius 2 is 2.26 bits per heavy atom. The summed E-state index contributed by atoms with van der Waals surface area (Å²) in [4.78, 5) is 10.9. The van der Waals surface area contributed by atoms with E-state index in [0.29, 0.717) is 24.0 Å². The van der Waals surface area contributed by atoms with Gasteiger partial charge in [-0.2, -0.15) is 0 Å². The Kier molecular flexibility index (Phi) is 3.94. The molecule has 0 aliphatic rings. The van der Waals surface area contributed by atoms with Crippen LogP contribution in [0.15, 0.2) is 18.2 Å². The lowest BCUT2D eigenvalue weighted by Gasteiger charge is -2.08.